The van der Waals surface area contributed by atoms with Crippen molar-refractivity contribution in [3.05, 3.63) is 46.6 Å². The van der Waals surface area contributed by atoms with E-state index in [1.807, 2.05) is 32.9 Å². The monoisotopic (exact) mass is 404 g/mol. The molecule has 9 heteroatoms. The van der Waals surface area contributed by atoms with Crippen molar-refractivity contribution in [1.29, 1.82) is 0 Å². The summed E-state index contributed by atoms with van der Waals surface area (Å²) < 4.78 is 1.58. The van der Waals surface area contributed by atoms with Crippen LogP contribution < -0.4 is 21.3 Å². The number of rotatable bonds is 5. The molecular formula is C19H25ClN6O2. The number of aromatic nitrogens is 2. The highest BCUT2D eigenvalue weighted by atomic mass is 35.5. The molecule has 1 aromatic carbocycles. The zero-order chi connectivity index (χ0) is 20.3. The van der Waals surface area contributed by atoms with Gasteiger partial charge in [0.25, 0.3) is 0 Å². The molecule has 0 spiro atoms. The first-order valence-electron chi connectivity index (χ1n) is 9.29. The second-order valence-electron chi connectivity index (χ2n) is 6.93. The van der Waals surface area contributed by atoms with Gasteiger partial charge in [0.1, 0.15) is 5.82 Å². The van der Waals surface area contributed by atoms with Gasteiger partial charge in [0, 0.05) is 23.7 Å². The van der Waals surface area contributed by atoms with Crippen molar-refractivity contribution in [2.24, 2.45) is 5.92 Å². The molecule has 0 radical (unpaired) electrons. The van der Waals surface area contributed by atoms with Gasteiger partial charge in [-0.25, -0.2) is 9.48 Å². The topological polar surface area (TPSA) is 100 Å². The first-order chi connectivity index (χ1) is 13.4. The van der Waals surface area contributed by atoms with Crippen LogP contribution in [-0.4, -0.2) is 27.8 Å². The molecule has 1 aliphatic heterocycles. The zero-order valence-electron chi connectivity index (χ0n) is 16.1. The smallest absolute Gasteiger partial charge is 0.320 e. The molecule has 8 nitrogen and oxygen atoms in total. The Kier molecular flexibility index (Phi) is 6.21. The number of nitrogens with one attached hydrogen (secondary N) is 4. The molecule has 150 valence electrons. The molecule has 2 aromatic rings. The summed E-state index contributed by atoms with van der Waals surface area (Å²) in [5.41, 5.74) is 1.67. The van der Waals surface area contributed by atoms with Gasteiger partial charge >= 0.3 is 6.03 Å². The van der Waals surface area contributed by atoms with E-state index in [0.29, 0.717) is 17.4 Å². The lowest BCUT2D eigenvalue weighted by Crippen LogP contribution is -2.57. The number of carbonyl (C=O) groups is 2. The fourth-order valence-electron chi connectivity index (χ4n) is 3.30. The lowest BCUT2D eigenvalue weighted by Gasteiger charge is -2.35. The molecule has 4 N–H and O–H groups in total. The fourth-order valence-corrected chi connectivity index (χ4v) is 3.42. The van der Waals surface area contributed by atoms with Gasteiger partial charge in [0.15, 0.2) is 6.29 Å². The van der Waals surface area contributed by atoms with Crippen LogP contribution in [0.15, 0.2) is 30.3 Å². The fraction of sp³-hybridized carbons (Fsp3) is 0.421. The van der Waals surface area contributed by atoms with Gasteiger partial charge in [-0.3, -0.25) is 15.4 Å². The molecular weight excluding hydrogens is 380 g/mol. The van der Waals surface area contributed by atoms with Crippen molar-refractivity contribution in [3.63, 3.8) is 0 Å². The molecule has 0 saturated carbocycles. The van der Waals surface area contributed by atoms with Crippen LogP contribution in [0.3, 0.4) is 0 Å². The maximum atomic E-state index is 12.3. The zero-order valence-corrected chi connectivity index (χ0v) is 16.9. The minimum Gasteiger partial charge on any atom is -0.334 e. The normalized spacial score (nSPS) is 21.9. The highest BCUT2D eigenvalue weighted by Crippen LogP contribution is 2.21. The number of aryl methyl sites for hydroxylation is 1. The van der Waals surface area contributed by atoms with E-state index in [1.165, 1.54) is 0 Å². The molecule has 3 unspecified atom stereocenters. The van der Waals surface area contributed by atoms with Crippen LogP contribution in [0.1, 0.15) is 37.8 Å². The van der Waals surface area contributed by atoms with Gasteiger partial charge in [-0.1, -0.05) is 30.7 Å². The number of urea groups is 1. The van der Waals surface area contributed by atoms with E-state index >= 15 is 0 Å². The number of amides is 3. The van der Waals surface area contributed by atoms with Crippen LogP contribution in [0.5, 0.6) is 0 Å². The third-order valence-electron chi connectivity index (χ3n) is 4.79. The number of carbonyl (C=O) groups excluding carboxylic acids is 2. The first kappa shape index (κ1) is 20.2. The van der Waals surface area contributed by atoms with Crippen LogP contribution in [-0.2, 0) is 11.3 Å². The summed E-state index contributed by atoms with van der Waals surface area (Å²) in [4.78, 5) is 24.7. The van der Waals surface area contributed by atoms with E-state index < -0.39 is 6.29 Å². The van der Waals surface area contributed by atoms with Crippen LogP contribution >= 0.6 is 11.6 Å². The SMILES string of the molecule is CCC1C(=O)NC(n2nc(C)cc2NC(=O)NCc2ccc(Cl)cc2)NC1C. The van der Waals surface area contributed by atoms with Gasteiger partial charge in [-0.05, 0) is 38.0 Å². The maximum absolute atomic E-state index is 12.3. The molecule has 28 heavy (non-hydrogen) atoms. The molecule has 1 aliphatic rings. The Bertz CT molecular complexity index is 851. The van der Waals surface area contributed by atoms with E-state index in [1.54, 1.807) is 22.9 Å². The van der Waals surface area contributed by atoms with Crippen LogP contribution in [0, 0.1) is 12.8 Å². The Hall–Kier alpha value is -2.58. The van der Waals surface area contributed by atoms with E-state index in [-0.39, 0.29) is 23.9 Å². The van der Waals surface area contributed by atoms with Crippen molar-refractivity contribution in [2.75, 3.05) is 5.32 Å². The Morgan fingerprint density at radius 3 is 2.68 bits per heavy atom. The third kappa shape index (κ3) is 4.63. The summed E-state index contributed by atoms with van der Waals surface area (Å²) in [6.45, 7) is 6.15. The summed E-state index contributed by atoms with van der Waals surface area (Å²) in [6.07, 6.45) is 0.230. The second kappa shape index (κ2) is 8.62. The maximum Gasteiger partial charge on any atom is 0.320 e. The minimum atomic E-state index is -0.523. The van der Waals surface area contributed by atoms with Crippen LogP contribution in [0.4, 0.5) is 10.6 Å². The predicted octanol–water partition coefficient (Wildman–Crippen LogP) is 2.76. The Labute approximate surface area is 169 Å². The Balaban J connectivity index is 1.66. The van der Waals surface area contributed by atoms with Gasteiger partial charge < -0.3 is 10.6 Å². The van der Waals surface area contributed by atoms with Gasteiger partial charge in [-0.2, -0.15) is 5.10 Å². The summed E-state index contributed by atoms with van der Waals surface area (Å²) in [7, 11) is 0. The third-order valence-corrected chi connectivity index (χ3v) is 5.04. The summed E-state index contributed by atoms with van der Waals surface area (Å²) in [5.74, 6) is 0.378. The lowest BCUT2D eigenvalue weighted by atomic mass is 9.95. The van der Waals surface area contributed by atoms with Crippen molar-refractivity contribution >= 4 is 29.4 Å². The van der Waals surface area contributed by atoms with Crippen molar-refractivity contribution in [1.82, 2.24) is 25.7 Å². The number of halogens is 1. The second-order valence-corrected chi connectivity index (χ2v) is 7.37. The number of nitrogens with zero attached hydrogens (tertiary/aromatic N) is 2. The van der Waals surface area contributed by atoms with E-state index in [0.717, 1.165) is 17.7 Å². The largest absolute Gasteiger partial charge is 0.334 e. The first-order valence-corrected chi connectivity index (χ1v) is 9.67. The molecule has 0 aliphatic carbocycles. The van der Waals surface area contributed by atoms with Crippen molar-refractivity contribution in [3.8, 4) is 0 Å². The quantitative estimate of drug-likeness (QED) is 0.615. The van der Waals surface area contributed by atoms with E-state index in [2.05, 4.69) is 26.4 Å². The lowest BCUT2D eigenvalue weighted by molar-refractivity contribution is -0.130. The van der Waals surface area contributed by atoms with Crippen molar-refractivity contribution in [2.45, 2.75) is 46.1 Å². The summed E-state index contributed by atoms with van der Waals surface area (Å²) in [6, 6.07) is 8.65. The molecule has 3 atom stereocenters. The van der Waals surface area contributed by atoms with Crippen molar-refractivity contribution < 1.29 is 9.59 Å². The molecule has 2 heterocycles. The highest BCUT2D eigenvalue weighted by Gasteiger charge is 2.34. The predicted molar refractivity (Wildman–Crippen MR) is 108 cm³/mol. The number of hydrogen-bond donors (Lipinski definition) is 4. The highest BCUT2D eigenvalue weighted by molar-refractivity contribution is 6.30. The average molecular weight is 405 g/mol. The van der Waals surface area contributed by atoms with Gasteiger partial charge in [0.2, 0.25) is 5.91 Å². The van der Waals surface area contributed by atoms with Crippen LogP contribution in [0.25, 0.3) is 0 Å². The van der Waals surface area contributed by atoms with E-state index in [4.69, 9.17) is 11.6 Å². The Morgan fingerprint density at radius 1 is 1.32 bits per heavy atom. The molecule has 1 saturated heterocycles. The number of hydrogen-bond acceptors (Lipinski definition) is 4. The summed E-state index contributed by atoms with van der Waals surface area (Å²) >= 11 is 5.87. The molecule has 3 rings (SSSR count). The van der Waals surface area contributed by atoms with Crippen LogP contribution in [0.2, 0.25) is 5.02 Å². The molecule has 3 amide bonds. The standard InChI is InChI=1S/C19H25ClN6O2/c1-4-15-12(3)22-18(24-17(15)27)26-16(9-11(2)25-26)23-19(28)21-10-13-5-7-14(20)8-6-13/h5-9,12,15,18,22H,4,10H2,1-3H3,(H,24,27)(H2,21,23,28). The summed E-state index contributed by atoms with van der Waals surface area (Å²) in [5, 5.41) is 16.9. The molecule has 1 aromatic heterocycles. The Morgan fingerprint density at radius 2 is 2.04 bits per heavy atom. The average Bonchev–Trinajstić information content (AvgIpc) is 3.01. The molecule has 1 fully saturated rings. The minimum absolute atomic E-state index is 0.000151. The van der Waals surface area contributed by atoms with E-state index in [9.17, 15) is 9.59 Å². The molecule has 0 bridgehead atoms. The van der Waals surface area contributed by atoms with Gasteiger partial charge in [0.05, 0.1) is 11.6 Å². The number of benzene rings is 1. The van der Waals surface area contributed by atoms with Gasteiger partial charge in [-0.15, -0.1) is 0 Å². The number of anilines is 1.